The van der Waals surface area contributed by atoms with E-state index in [1.807, 2.05) is 43.3 Å². The highest BCUT2D eigenvalue weighted by Gasteiger charge is 2.31. The maximum atomic E-state index is 12.7. The number of hydrogen-bond acceptors (Lipinski definition) is 7. The molecule has 8 nitrogen and oxygen atoms in total. The summed E-state index contributed by atoms with van der Waals surface area (Å²) in [6.07, 6.45) is 2.13. The summed E-state index contributed by atoms with van der Waals surface area (Å²) in [5.74, 6) is 2.69. The van der Waals surface area contributed by atoms with Crippen LogP contribution in [0.1, 0.15) is 37.2 Å². The second-order valence-corrected chi connectivity index (χ2v) is 9.60. The molecular formula is C23H23ClN4O4S. The van der Waals surface area contributed by atoms with Gasteiger partial charge in [0, 0.05) is 12.6 Å². The minimum Gasteiger partial charge on any atom is -0.484 e. The number of halogens is 1. The third kappa shape index (κ3) is 5.04. The second kappa shape index (κ2) is 9.52. The number of nitrogens with zero attached hydrogens (tertiary/aromatic N) is 3. The average molecular weight is 487 g/mol. The van der Waals surface area contributed by atoms with E-state index in [0.29, 0.717) is 29.1 Å². The zero-order chi connectivity index (χ0) is 22.8. The van der Waals surface area contributed by atoms with Gasteiger partial charge in [0.2, 0.25) is 12.7 Å². The number of carbonyl (C=O) groups excluding carboxylic acids is 1. The monoisotopic (exact) mass is 486 g/mol. The van der Waals surface area contributed by atoms with E-state index >= 15 is 0 Å². The van der Waals surface area contributed by atoms with Crippen molar-refractivity contribution in [1.29, 1.82) is 0 Å². The number of nitrogens with one attached hydrogen (secondary N) is 1. The normalized spacial score (nSPS) is 15.3. The molecule has 0 spiro atoms. The van der Waals surface area contributed by atoms with Crippen LogP contribution in [0, 0.1) is 0 Å². The largest absolute Gasteiger partial charge is 0.484 e. The molecule has 1 fully saturated rings. The fraction of sp³-hybridized carbons (Fsp3) is 0.348. The van der Waals surface area contributed by atoms with Crippen molar-refractivity contribution in [3.05, 3.63) is 58.9 Å². The Hall–Kier alpha value is -2.91. The molecular weight excluding hydrogens is 464 g/mol. The lowest BCUT2D eigenvalue weighted by Crippen LogP contribution is -2.30. The van der Waals surface area contributed by atoms with Crippen molar-refractivity contribution in [2.75, 3.05) is 6.79 Å². The van der Waals surface area contributed by atoms with E-state index in [1.165, 1.54) is 11.8 Å². The Bertz CT molecular complexity index is 1170. The van der Waals surface area contributed by atoms with Crippen molar-refractivity contribution < 1.29 is 19.0 Å². The van der Waals surface area contributed by atoms with E-state index in [4.69, 9.17) is 25.8 Å². The van der Waals surface area contributed by atoms with Crippen LogP contribution in [0.4, 0.5) is 0 Å². The SMILES string of the molecule is CC(Sc1nnc(COc2ccccc2Cl)n1C1CC1)C(=O)NCc1ccc2c(c1)OCO2. The Morgan fingerprint density at radius 1 is 1.24 bits per heavy atom. The molecule has 2 aliphatic rings. The van der Waals surface area contributed by atoms with Crippen molar-refractivity contribution in [2.45, 2.75) is 49.4 Å². The molecule has 1 aliphatic heterocycles. The van der Waals surface area contributed by atoms with Gasteiger partial charge in [-0.3, -0.25) is 9.36 Å². The Kier molecular flexibility index (Phi) is 6.32. The fourth-order valence-electron chi connectivity index (χ4n) is 3.49. The fourth-order valence-corrected chi connectivity index (χ4v) is 4.64. The van der Waals surface area contributed by atoms with E-state index in [0.717, 1.165) is 35.1 Å². The minimum atomic E-state index is -0.335. The predicted octanol–water partition coefficient (Wildman–Crippen LogP) is 4.37. The van der Waals surface area contributed by atoms with Gasteiger partial charge < -0.3 is 19.5 Å². The summed E-state index contributed by atoms with van der Waals surface area (Å²) in [4.78, 5) is 12.7. The number of aromatic nitrogens is 3. The number of para-hydroxylation sites is 1. The first-order valence-corrected chi connectivity index (χ1v) is 12.0. The average Bonchev–Trinajstić information content (AvgIpc) is 3.41. The van der Waals surface area contributed by atoms with E-state index < -0.39 is 0 Å². The van der Waals surface area contributed by atoms with Crippen LogP contribution in [0.5, 0.6) is 17.2 Å². The Morgan fingerprint density at radius 2 is 2.06 bits per heavy atom. The number of hydrogen-bond donors (Lipinski definition) is 1. The van der Waals surface area contributed by atoms with Crippen LogP contribution < -0.4 is 19.5 Å². The van der Waals surface area contributed by atoms with Crippen LogP contribution in [0.3, 0.4) is 0 Å². The van der Waals surface area contributed by atoms with Crippen molar-refractivity contribution in [3.8, 4) is 17.2 Å². The predicted molar refractivity (Wildman–Crippen MR) is 124 cm³/mol. The zero-order valence-electron chi connectivity index (χ0n) is 18.0. The van der Waals surface area contributed by atoms with Crippen LogP contribution in [0.15, 0.2) is 47.6 Å². The number of amides is 1. The lowest BCUT2D eigenvalue weighted by molar-refractivity contribution is -0.120. The molecule has 1 saturated carbocycles. The summed E-state index contributed by atoms with van der Waals surface area (Å²) >= 11 is 7.58. The summed E-state index contributed by atoms with van der Waals surface area (Å²) in [5, 5.41) is 12.6. The molecule has 1 amide bonds. The van der Waals surface area contributed by atoms with Gasteiger partial charge in [-0.25, -0.2) is 0 Å². The summed E-state index contributed by atoms with van der Waals surface area (Å²) in [6.45, 7) is 2.77. The van der Waals surface area contributed by atoms with Crippen molar-refractivity contribution >= 4 is 29.3 Å². The Balaban J connectivity index is 1.20. The summed E-state index contributed by atoms with van der Waals surface area (Å²) in [6, 6.07) is 13.3. The Labute approximate surface area is 200 Å². The van der Waals surface area contributed by atoms with Gasteiger partial charge in [0.05, 0.1) is 10.3 Å². The number of rotatable bonds is 9. The maximum Gasteiger partial charge on any atom is 0.233 e. The first-order chi connectivity index (χ1) is 16.1. The summed E-state index contributed by atoms with van der Waals surface area (Å²) in [5.41, 5.74) is 0.949. The molecule has 1 aromatic heterocycles. The minimum absolute atomic E-state index is 0.0723. The van der Waals surface area contributed by atoms with Gasteiger partial charge in [0.25, 0.3) is 0 Å². The number of fused-ring (bicyclic) bond motifs is 1. The molecule has 5 rings (SSSR count). The summed E-state index contributed by atoms with van der Waals surface area (Å²) < 4.78 is 18.7. The van der Waals surface area contributed by atoms with E-state index in [1.54, 1.807) is 6.07 Å². The molecule has 0 bridgehead atoms. The molecule has 1 N–H and O–H groups in total. The molecule has 1 unspecified atom stereocenters. The van der Waals surface area contributed by atoms with Crippen molar-refractivity contribution in [1.82, 2.24) is 20.1 Å². The molecule has 2 heterocycles. The van der Waals surface area contributed by atoms with Gasteiger partial charge in [0.1, 0.15) is 12.4 Å². The second-order valence-electron chi connectivity index (χ2n) is 7.88. The van der Waals surface area contributed by atoms with Gasteiger partial charge in [-0.15, -0.1) is 10.2 Å². The smallest absolute Gasteiger partial charge is 0.233 e. The molecule has 2 aromatic carbocycles. The van der Waals surface area contributed by atoms with Crippen LogP contribution in [0.25, 0.3) is 0 Å². The highest BCUT2D eigenvalue weighted by molar-refractivity contribution is 8.00. The molecule has 0 saturated heterocycles. The molecule has 10 heteroatoms. The number of benzene rings is 2. The zero-order valence-corrected chi connectivity index (χ0v) is 19.6. The van der Waals surface area contributed by atoms with Gasteiger partial charge in [-0.2, -0.15) is 0 Å². The molecule has 172 valence electrons. The van der Waals surface area contributed by atoms with Crippen molar-refractivity contribution in [2.24, 2.45) is 0 Å². The highest BCUT2D eigenvalue weighted by Crippen LogP contribution is 2.40. The molecule has 3 aromatic rings. The standard InChI is InChI=1S/C23H23ClN4O4S/c1-14(22(29)25-11-15-6-9-19-20(10-15)32-13-31-19)33-23-27-26-21(28(23)16-7-8-16)12-30-18-5-3-2-4-17(18)24/h2-6,9-10,14,16H,7-8,11-13H2,1H3,(H,25,29). The molecule has 1 atom stereocenters. The van der Waals surface area contributed by atoms with Crippen LogP contribution in [0.2, 0.25) is 5.02 Å². The van der Waals surface area contributed by atoms with E-state index in [2.05, 4.69) is 20.1 Å². The van der Waals surface area contributed by atoms with Gasteiger partial charge >= 0.3 is 0 Å². The van der Waals surface area contributed by atoms with Gasteiger partial charge in [-0.05, 0) is 49.6 Å². The van der Waals surface area contributed by atoms with Gasteiger partial charge in [0.15, 0.2) is 22.5 Å². The third-order valence-corrected chi connectivity index (χ3v) is 6.76. The quantitative estimate of drug-likeness (QED) is 0.449. The lowest BCUT2D eigenvalue weighted by atomic mass is 10.2. The molecule has 33 heavy (non-hydrogen) atoms. The first-order valence-electron chi connectivity index (χ1n) is 10.7. The summed E-state index contributed by atoms with van der Waals surface area (Å²) in [7, 11) is 0. The van der Waals surface area contributed by atoms with Gasteiger partial charge in [-0.1, -0.05) is 41.6 Å². The van der Waals surface area contributed by atoms with Crippen molar-refractivity contribution in [3.63, 3.8) is 0 Å². The maximum absolute atomic E-state index is 12.7. The number of thioether (sulfide) groups is 1. The third-order valence-electron chi connectivity index (χ3n) is 5.40. The first kappa shape index (κ1) is 21.9. The number of ether oxygens (including phenoxy) is 3. The van der Waals surface area contributed by atoms with Crippen LogP contribution >= 0.6 is 23.4 Å². The van der Waals surface area contributed by atoms with Crippen LogP contribution in [-0.2, 0) is 17.9 Å². The number of carbonyl (C=O) groups is 1. The molecule has 0 radical (unpaired) electrons. The molecule has 1 aliphatic carbocycles. The highest BCUT2D eigenvalue weighted by atomic mass is 35.5. The lowest BCUT2D eigenvalue weighted by Gasteiger charge is -2.14. The van der Waals surface area contributed by atoms with E-state index in [9.17, 15) is 4.79 Å². The topological polar surface area (TPSA) is 87.5 Å². The Morgan fingerprint density at radius 3 is 2.88 bits per heavy atom. The van der Waals surface area contributed by atoms with E-state index in [-0.39, 0.29) is 24.6 Å². The van der Waals surface area contributed by atoms with Crippen LogP contribution in [-0.4, -0.2) is 32.7 Å².